The van der Waals surface area contributed by atoms with Gasteiger partial charge in [-0.2, -0.15) is 0 Å². The fraction of sp³-hybridized carbons (Fsp3) is 0.727. The second-order valence-corrected chi connectivity index (χ2v) is 6.99. The fourth-order valence-corrected chi connectivity index (χ4v) is 2.14. The summed E-state index contributed by atoms with van der Waals surface area (Å²) in [5.74, 6) is -0.102. The third kappa shape index (κ3) is 3.74. The van der Waals surface area contributed by atoms with Gasteiger partial charge < -0.3 is 5.32 Å². The van der Waals surface area contributed by atoms with Crippen LogP contribution in [0.15, 0.2) is 0 Å². The molecule has 1 N–H and O–H groups in total. The Labute approximate surface area is 114 Å². The van der Waals surface area contributed by atoms with Gasteiger partial charge in [-0.15, -0.1) is 5.10 Å². The fourth-order valence-electron chi connectivity index (χ4n) is 1.23. The molecule has 0 atom stereocenters. The SMILES string of the molecule is CC(C)(CBr)NC(=O)c1snnc1C(C)(C)C. The van der Waals surface area contributed by atoms with Crippen molar-refractivity contribution in [3.63, 3.8) is 0 Å². The largest absolute Gasteiger partial charge is 0.346 e. The molecule has 0 aliphatic carbocycles. The van der Waals surface area contributed by atoms with Gasteiger partial charge in [0, 0.05) is 16.3 Å². The zero-order valence-electron chi connectivity index (χ0n) is 10.8. The Morgan fingerprint density at radius 1 is 1.35 bits per heavy atom. The van der Waals surface area contributed by atoms with Gasteiger partial charge in [-0.05, 0) is 25.4 Å². The summed E-state index contributed by atoms with van der Waals surface area (Å²) in [5, 5.41) is 7.72. The van der Waals surface area contributed by atoms with Gasteiger partial charge in [-0.3, -0.25) is 4.79 Å². The number of hydrogen-bond acceptors (Lipinski definition) is 4. The molecule has 1 aromatic rings. The number of amides is 1. The lowest BCUT2D eigenvalue weighted by molar-refractivity contribution is 0.0923. The lowest BCUT2D eigenvalue weighted by atomic mass is 9.91. The number of rotatable bonds is 3. The quantitative estimate of drug-likeness (QED) is 0.871. The van der Waals surface area contributed by atoms with Crippen LogP contribution < -0.4 is 5.32 Å². The standard InChI is InChI=1S/C11H18BrN3OS/c1-10(2,3)8-7(17-15-14-8)9(16)13-11(4,5)6-12/h6H2,1-5H3,(H,13,16). The number of hydrogen-bond donors (Lipinski definition) is 1. The van der Waals surface area contributed by atoms with Crippen LogP contribution in [0.25, 0.3) is 0 Å². The lowest BCUT2D eigenvalue weighted by Gasteiger charge is -2.24. The Balaban J connectivity index is 2.95. The number of carbonyl (C=O) groups excluding carboxylic acids is 1. The van der Waals surface area contributed by atoms with Gasteiger partial charge in [0.05, 0.1) is 5.69 Å². The summed E-state index contributed by atoms with van der Waals surface area (Å²) in [6.45, 7) is 10.00. The molecular weight excluding hydrogens is 302 g/mol. The molecule has 0 spiro atoms. The maximum Gasteiger partial charge on any atom is 0.265 e. The van der Waals surface area contributed by atoms with E-state index in [1.807, 2.05) is 34.6 Å². The molecule has 0 aliphatic rings. The summed E-state index contributed by atoms with van der Waals surface area (Å²) in [6, 6.07) is 0. The molecule has 4 nitrogen and oxygen atoms in total. The van der Waals surface area contributed by atoms with Gasteiger partial charge in [0.1, 0.15) is 4.88 Å². The summed E-state index contributed by atoms with van der Waals surface area (Å²) in [7, 11) is 0. The second kappa shape index (κ2) is 5.02. The van der Waals surface area contributed by atoms with Crippen LogP contribution in [0.3, 0.4) is 0 Å². The zero-order valence-corrected chi connectivity index (χ0v) is 13.2. The predicted octanol–water partition coefficient (Wildman–Crippen LogP) is 2.74. The average Bonchev–Trinajstić information content (AvgIpc) is 2.64. The van der Waals surface area contributed by atoms with E-state index in [-0.39, 0.29) is 16.9 Å². The third-order valence-electron chi connectivity index (χ3n) is 2.19. The average molecular weight is 320 g/mol. The van der Waals surface area contributed by atoms with E-state index in [2.05, 4.69) is 30.8 Å². The van der Waals surface area contributed by atoms with Gasteiger partial charge in [0.15, 0.2) is 0 Å². The van der Waals surface area contributed by atoms with Gasteiger partial charge in [0.2, 0.25) is 0 Å². The zero-order chi connectivity index (χ0) is 13.3. The van der Waals surface area contributed by atoms with E-state index < -0.39 is 0 Å². The van der Waals surface area contributed by atoms with Crippen molar-refractivity contribution in [3.8, 4) is 0 Å². The highest BCUT2D eigenvalue weighted by atomic mass is 79.9. The van der Waals surface area contributed by atoms with Crippen LogP contribution in [0.1, 0.15) is 50.0 Å². The van der Waals surface area contributed by atoms with Crippen molar-refractivity contribution < 1.29 is 4.79 Å². The minimum absolute atomic E-state index is 0.102. The topological polar surface area (TPSA) is 54.9 Å². The van der Waals surface area contributed by atoms with Crippen LogP contribution in [0, 0.1) is 0 Å². The van der Waals surface area contributed by atoms with Crippen molar-refractivity contribution in [3.05, 3.63) is 10.6 Å². The Hall–Kier alpha value is -0.490. The van der Waals surface area contributed by atoms with E-state index in [1.165, 1.54) is 0 Å². The Kier molecular flexibility index (Phi) is 4.30. The predicted molar refractivity (Wildman–Crippen MR) is 73.9 cm³/mol. The summed E-state index contributed by atoms with van der Waals surface area (Å²) in [6.07, 6.45) is 0. The van der Waals surface area contributed by atoms with Crippen molar-refractivity contribution in [2.45, 2.75) is 45.6 Å². The van der Waals surface area contributed by atoms with Gasteiger partial charge >= 0.3 is 0 Å². The Morgan fingerprint density at radius 2 is 1.94 bits per heavy atom. The first-order valence-electron chi connectivity index (χ1n) is 5.39. The molecular formula is C11H18BrN3OS. The molecule has 0 fully saturated rings. The van der Waals surface area contributed by atoms with E-state index in [0.29, 0.717) is 10.2 Å². The van der Waals surface area contributed by atoms with E-state index in [0.717, 1.165) is 17.2 Å². The molecule has 0 saturated carbocycles. The molecule has 0 unspecified atom stereocenters. The second-order valence-electron chi connectivity index (χ2n) is 5.67. The third-order valence-corrected chi connectivity index (χ3v) is 4.32. The summed E-state index contributed by atoms with van der Waals surface area (Å²) < 4.78 is 3.88. The van der Waals surface area contributed by atoms with Gasteiger partial charge in [-0.1, -0.05) is 41.2 Å². The van der Waals surface area contributed by atoms with E-state index >= 15 is 0 Å². The maximum atomic E-state index is 12.1. The highest BCUT2D eigenvalue weighted by molar-refractivity contribution is 9.09. The smallest absolute Gasteiger partial charge is 0.265 e. The molecule has 17 heavy (non-hydrogen) atoms. The van der Waals surface area contributed by atoms with Crippen LogP contribution in [-0.2, 0) is 5.41 Å². The van der Waals surface area contributed by atoms with Crippen molar-refractivity contribution in [1.29, 1.82) is 0 Å². The first kappa shape index (κ1) is 14.6. The number of nitrogens with one attached hydrogen (secondary N) is 1. The molecule has 6 heteroatoms. The monoisotopic (exact) mass is 319 g/mol. The normalized spacial score (nSPS) is 12.6. The summed E-state index contributed by atoms with van der Waals surface area (Å²) in [4.78, 5) is 12.7. The molecule has 0 saturated heterocycles. The van der Waals surface area contributed by atoms with Crippen molar-refractivity contribution in [2.75, 3.05) is 5.33 Å². The number of nitrogens with zero attached hydrogens (tertiary/aromatic N) is 2. The minimum Gasteiger partial charge on any atom is -0.346 e. The summed E-state index contributed by atoms with van der Waals surface area (Å²) in [5.41, 5.74) is 0.305. The molecule has 0 bridgehead atoms. The van der Waals surface area contributed by atoms with Crippen molar-refractivity contribution in [2.24, 2.45) is 0 Å². The van der Waals surface area contributed by atoms with Crippen LogP contribution in [-0.4, -0.2) is 26.4 Å². The van der Waals surface area contributed by atoms with Gasteiger partial charge in [0.25, 0.3) is 5.91 Å². The number of aromatic nitrogens is 2. The number of carbonyl (C=O) groups is 1. The first-order chi connectivity index (χ1) is 7.67. The molecule has 1 amide bonds. The van der Waals surface area contributed by atoms with E-state index in [9.17, 15) is 4.79 Å². The Morgan fingerprint density at radius 3 is 2.41 bits per heavy atom. The molecule has 1 rings (SSSR count). The number of alkyl halides is 1. The van der Waals surface area contributed by atoms with Crippen molar-refractivity contribution in [1.82, 2.24) is 14.9 Å². The summed E-state index contributed by atoms with van der Waals surface area (Å²) >= 11 is 4.53. The van der Waals surface area contributed by atoms with Crippen LogP contribution in [0.2, 0.25) is 0 Å². The molecule has 1 aromatic heterocycles. The molecule has 0 aromatic carbocycles. The lowest BCUT2D eigenvalue weighted by Crippen LogP contribution is -2.45. The first-order valence-corrected chi connectivity index (χ1v) is 7.28. The van der Waals surface area contributed by atoms with Gasteiger partial charge in [-0.25, -0.2) is 0 Å². The van der Waals surface area contributed by atoms with Crippen molar-refractivity contribution >= 4 is 33.4 Å². The molecule has 0 aliphatic heterocycles. The van der Waals surface area contributed by atoms with Crippen LogP contribution in [0.5, 0.6) is 0 Å². The highest BCUT2D eigenvalue weighted by Crippen LogP contribution is 2.26. The molecule has 1 heterocycles. The Bertz CT molecular complexity index is 409. The highest BCUT2D eigenvalue weighted by Gasteiger charge is 2.28. The maximum absolute atomic E-state index is 12.1. The molecule has 0 radical (unpaired) electrons. The molecule has 96 valence electrons. The van der Waals surface area contributed by atoms with Crippen LogP contribution in [0.4, 0.5) is 0 Å². The minimum atomic E-state index is -0.282. The van der Waals surface area contributed by atoms with Crippen LogP contribution >= 0.6 is 27.5 Å². The van der Waals surface area contributed by atoms with E-state index in [1.54, 1.807) is 0 Å². The van der Waals surface area contributed by atoms with E-state index in [4.69, 9.17) is 0 Å². The number of halogens is 1.